The van der Waals surface area contributed by atoms with Crippen molar-refractivity contribution < 1.29 is 13.2 Å². The minimum absolute atomic E-state index is 0. The SMILES string of the molecule is CCNC(=NCc1cccc(S(N)(=O)=O)c1)N(C)CC1CCOC1.I. The summed E-state index contributed by atoms with van der Waals surface area (Å²) in [5, 5.41) is 8.44. The molecule has 0 spiro atoms. The van der Waals surface area contributed by atoms with Crippen molar-refractivity contribution in [2.24, 2.45) is 16.0 Å². The highest BCUT2D eigenvalue weighted by atomic mass is 127. The third-order valence-electron chi connectivity index (χ3n) is 3.89. The zero-order valence-electron chi connectivity index (χ0n) is 14.6. The first-order valence-corrected chi connectivity index (χ1v) is 9.63. The van der Waals surface area contributed by atoms with Crippen molar-refractivity contribution >= 4 is 40.0 Å². The predicted molar refractivity (Wildman–Crippen MR) is 110 cm³/mol. The second-order valence-corrected chi connectivity index (χ2v) is 7.53. The molecule has 0 saturated carbocycles. The lowest BCUT2D eigenvalue weighted by Gasteiger charge is -2.24. The van der Waals surface area contributed by atoms with Crippen molar-refractivity contribution in [1.29, 1.82) is 0 Å². The number of sulfonamides is 1. The van der Waals surface area contributed by atoms with Crippen LogP contribution in [-0.4, -0.2) is 52.6 Å². The van der Waals surface area contributed by atoms with E-state index in [0.717, 1.165) is 44.2 Å². The molecule has 0 radical (unpaired) electrons. The molecule has 1 fully saturated rings. The van der Waals surface area contributed by atoms with Crippen molar-refractivity contribution in [2.75, 3.05) is 33.4 Å². The second kappa shape index (κ2) is 10.3. The molecule has 3 N–H and O–H groups in total. The number of aliphatic imine (C=N–C) groups is 1. The van der Waals surface area contributed by atoms with E-state index >= 15 is 0 Å². The third-order valence-corrected chi connectivity index (χ3v) is 4.80. The van der Waals surface area contributed by atoms with Gasteiger partial charge in [0.15, 0.2) is 5.96 Å². The van der Waals surface area contributed by atoms with Crippen molar-refractivity contribution in [3.63, 3.8) is 0 Å². The summed E-state index contributed by atoms with van der Waals surface area (Å²) in [5.74, 6) is 1.31. The van der Waals surface area contributed by atoms with Gasteiger partial charge in [0.1, 0.15) is 0 Å². The summed E-state index contributed by atoms with van der Waals surface area (Å²) < 4.78 is 28.3. The Morgan fingerprint density at radius 2 is 2.24 bits per heavy atom. The minimum Gasteiger partial charge on any atom is -0.381 e. The molecule has 1 atom stereocenters. The Balaban J connectivity index is 0.00000312. The summed E-state index contributed by atoms with van der Waals surface area (Å²) in [5.41, 5.74) is 0.800. The lowest BCUT2D eigenvalue weighted by molar-refractivity contribution is 0.181. The fourth-order valence-electron chi connectivity index (χ4n) is 2.66. The van der Waals surface area contributed by atoms with Gasteiger partial charge < -0.3 is 15.0 Å². The third kappa shape index (κ3) is 7.08. The van der Waals surface area contributed by atoms with Crippen LogP contribution in [0, 0.1) is 5.92 Å². The monoisotopic (exact) mass is 482 g/mol. The highest BCUT2D eigenvalue weighted by Crippen LogP contribution is 2.14. The van der Waals surface area contributed by atoms with Crippen molar-refractivity contribution in [3.8, 4) is 0 Å². The number of nitrogens with one attached hydrogen (secondary N) is 1. The Hall–Kier alpha value is -0.910. The molecule has 1 saturated heterocycles. The molecule has 1 aromatic carbocycles. The molecule has 142 valence electrons. The Morgan fingerprint density at radius 1 is 1.48 bits per heavy atom. The van der Waals surface area contributed by atoms with Crippen LogP contribution in [0.3, 0.4) is 0 Å². The molecule has 0 amide bonds. The molecule has 25 heavy (non-hydrogen) atoms. The molecular formula is C16H27IN4O3S. The van der Waals surface area contributed by atoms with E-state index in [0.29, 0.717) is 12.5 Å². The predicted octanol–water partition coefficient (Wildman–Crippen LogP) is 1.39. The Kier molecular flexibility index (Phi) is 9.11. The van der Waals surface area contributed by atoms with Gasteiger partial charge in [-0.25, -0.2) is 18.5 Å². The van der Waals surface area contributed by atoms with Crippen LogP contribution in [0.4, 0.5) is 0 Å². The summed E-state index contributed by atoms with van der Waals surface area (Å²) in [4.78, 5) is 6.80. The van der Waals surface area contributed by atoms with Gasteiger partial charge in [-0.1, -0.05) is 12.1 Å². The summed E-state index contributed by atoms with van der Waals surface area (Å²) in [6.45, 7) is 5.66. The molecule has 1 unspecified atom stereocenters. The standard InChI is InChI=1S/C16H26N4O3S.HI/c1-3-18-16(20(2)11-14-7-8-23-12-14)19-10-13-5-4-6-15(9-13)24(17,21)22;/h4-6,9,14H,3,7-8,10-12H2,1-2H3,(H,18,19)(H2,17,21,22);1H. The molecule has 0 aliphatic carbocycles. The molecular weight excluding hydrogens is 455 g/mol. The zero-order chi connectivity index (χ0) is 17.6. The first kappa shape index (κ1) is 22.1. The highest BCUT2D eigenvalue weighted by molar-refractivity contribution is 14.0. The molecule has 0 bridgehead atoms. The summed E-state index contributed by atoms with van der Waals surface area (Å²) >= 11 is 0. The Morgan fingerprint density at radius 3 is 2.84 bits per heavy atom. The highest BCUT2D eigenvalue weighted by Gasteiger charge is 2.19. The number of nitrogens with two attached hydrogens (primary N) is 1. The molecule has 1 aliphatic heterocycles. The topological polar surface area (TPSA) is 97.0 Å². The maximum atomic E-state index is 11.4. The number of benzene rings is 1. The number of ether oxygens (including phenoxy) is 1. The average molecular weight is 482 g/mol. The molecule has 1 heterocycles. The van der Waals surface area contributed by atoms with Crippen LogP contribution in [0.1, 0.15) is 18.9 Å². The van der Waals surface area contributed by atoms with E-state index in [1.54, 1.807) is 12.1 Å². The Labute approximate surface area is 167 Å². The van der Waals surface area contributed by atoms with E-state index in [4.69, 9.17) is 9.88 Å². The largest absolute Gasteiger partial charge is 0.381 e. The molecule has 2 rings (SSSR count). The fraction of sp³-hybridized carbons (Fsp3) is 0.562. The van der Waals surface area contributed by atoms with Gasteiger partial charge in [0, 0.05) is 32.7 Å². The van der Waals surface area contributed by atoms with Crippen LogP contribution in [0.25, 0.3) is 0 Å². The van der Waals surface area contributed by atoms with E-state index in [2.05, 4.69) is 15.2 Å². The normalized spacial score (nSPS) is 17.9. The lowest BCUT2D eigenvalue weighted by atomic mass is 10.1. The number of hydrogen-bond donors (Lipinski definition) is 2. The number of hydrogen-bond acceptors (Lipinski definition) is 4. The first-order chi connectivity index (χ1) is 11.4. The number of rotatable bonds is 6. The van der Waals surface area contributed by atoms with Crippen LogP contribution < -0.4 is 10.5 Å². The number of guanidine groups is 1. The molecule has 0 aromatic heterocycles. The maximum Gasteiger partial charge on any atom is 0.238 e. The van der Waals surface area contributed by atoms with Gasteiger partial charge in [-0.05, 0) is 31.0 Å². The van der Waals surface area contributed by atoms with Crippen molar-refractivity contribution in [1.82, 2.24) is 10.2 Å². The van der Waals surface area contributed by atoms with Gasteiger partial charge in [0.05, 0.1) is 18.0 Å². The fourth-order valence-corrected chi connectivity index (χ4v) is 3.24. The molecule has 1 aliphatic rings. The van der Waals surface area contributed by atoms with Crippen LogP contribution in [0.5, 0.6) is 0 Å². The lowest BCUT2D eigenvalue weighted by Crippen LogP contribution is -2.41. The van der Waals surface area contributed by atoms with Gasteiger partial charge in [0.25, 0.3) is 0 Å². The van der Waals surface area contributed by atoms with E-state index in [9.17, 15) is 8.42 Å². The maximum absolute atomic E-state index is 11.4. The van der Waals surface area contributed by atoms with Crippen molar-refractivity contribution in [3.05, 3.63) is 29.8 Å². The summed E-state index contributed by atoms with van der Waals surface area (Å²) in [6, 6.07) is 6.57. The van der Waals surface area contributed by atoms with Crippen LogP contribution in [0.15, 0.2) is 34.2 Å². The van der Waals surface area contributed by atoms with E-state index in [1.165, 1.54) is 6.07 Å². The van der Waals surface area contributed by atoms with Crippen LogP contribution in [-0.2, 0) is 21.3 Å². The summed E-state index contributed by atoms with van der Waals surface area (Å²) in [6.07, 6.45) is 1.07. The van der Waals surface area contributed by atoms with Gasteiger partial charge in [-0.2, -0.15) is 0 Å². The second-order valence-electron chi connectivity index (χ2n) is 5.97. The zero-order valence-corrected chi connectivity index (χ0v) is 17.8. The number of nitrogens with zero attached hydrogens (tertiary/aromatic N) is 2. The molecule has 1 aromatic rings. The van der Waals surface area contributed by atoms with E-state index in [-0.39, 0.29) is 28.9 Å². The number of primary sulfonamides is 1. The summed E-state index contributed by atoms with van der Waals surface area (Å²) in [7, 11) is -1.69. The van der Waals surface area contributed by atoms with Crippen molar-refractivity contribution in [2.45, 2.75) is 24.8 Å². The van der Waals surface area contributed by atoms with Gasteiger partial charge >= 0.3 is 0 Å². The van der Waals surface area contributed by atoms with E-state index < -0.39 is 10.0 Å². The first-order valence-electron chi connectivity index (χ1n) is 8.09. The van der Waals surface area contributed by atoms with Gasteiger partial charge in [-0.3, -0.25) is 0 Å². The minimum atomic E-state index is -3.69. The number of halogens is 1. The van der Waals surface area contributed by atoms with E-state index in [1.807, 2.05) is 20.0 Å². The van der Waals surface area contributed by atoms with Gasteiger partial charge in [-0.15, -0.1) is 24.0 Å². The van der Waals surface area contributed by atoms with Gasteiger partial charge in [0.2, 0.25) is 10.0 Å². The quantitative estimate of drug-likeness (QED) is 0.363. The smallest absolute Gasteiger partial charge is 0.238 e. The Bertz CT molecular complexity index is 676. The average Bonchev–Trinajstić information content (AvgIpc) is 3.03. The van der Waals surface area contributed by atoms with Crippen LogP contribution >= 0.6 is 24.0 Å². The molecule has 9 heteroatoms. The molecule has 7 nitrogen and oxygen atoms in total. The van der Waals surface area contributed by atoms with Crippen LogP contribution in [0.2, 0.25) is 0 Å².